The van der Waals surface area contributed by atoms with E-state index in [0.29, 0.717) is 77.6 Å². The molecule has 0 aromatic heterocycles. The molecule has 14 atom stereocenters. The topological polar surface area (TPSA) is 444 Å². The van der Waals surface area contributed by atoms with Crippen LogP contribution in [0.3, 0.4) is 0 Å². The largest absolute Gasteiger partial charge is 0.493 e. The van der Waals surface area contributed by atoms with Gasteiger partial charge in [0.1, 0.15) is 50.2 Å². The van der Waals surface area contributed by atoms with Crippen LogP contribution in [0.15, 0.2) is 66.7 Å². The van der Waals surface area contributed by atoms with Gasteiger partial charge in [0.2, 0.25) is 23.6 Å². The predicted molar refractivity (Wildman–Crippen MR) is 424 cm³/mol. The average molecular weight is 1660 g/mol. The minimum Gasteiger partial charge on any atom is -0.493 e. The predicted octanol–water partition coefficient (Wildman–Crippen LogP) is 5.80. The van der Waals surface area contributed by atoms with E-state index in [1.807, 2.05) is 30.3 Å². The summed E-state index contributed by atoms with van der Waals surface area (Å²) in [6.45, 7) is 6.17. The molecule has 2 unspecified atom stereocenters. The molecule has 13 rings (SSSR count). The number of hydrogen-bond donors (Lipinski definition) is 11. The Morgan fingerprint density at radius 1 is 0.681 bits per heavy atom. The van der Waals surface area contributed by atoms with E-state index in [-0.39, 0.29) is 142 Å². The zero-order valence-electron chi connectivity index (χ0n) is 67.5. The van der Waals surface area contributed by atoms with Crippen LogP contribution in [0.4, 0.5) is 32.3 Å². The van der Waals surface area contributed by atoms with Crippen molar-refractivity contribution in [1.82, 2.24) is 20.9 Å². The SMILES string of the molecule is COc1cc2c(cc1OCc1cccc(COc3cc4c(cc3OC)C(=O)N3CC5(CC5)C[C@H]3[C@H](O)N4C(=O)OCc3ccc(NC(=O)[C@H](CO[C@@H]4O[C@H](C(=O)O)[C@@H](O)[C@H](O)[C@H]4O)NC(=O)[C@@H](NC(C)=O)C(C)C)cc3NC(=O)CCOCCOCCOCCOCCNC(=O)OCC3[C@H]4CCC#CCC[C@@H]34)c1)NC[C@@H]1CC3(CC3)CC1C2=O. The molecule has 9 aliphatic rings. The number of fused-ring (bicyclic) bond motifs is 5. The molecule has 4 aromatic carbocycles. The average Bonchev–Trinajstić information content (AvgIpc) is 1.57. The summed E-state index contributed by atoms with van der Waals surface area (Å²) in [5, 5.41) is 70.8. The summed E-state index contributed by atoms with van der Waals surface area (Å²) in [5.41, 5.74) is 2.83. The normalized spacial score (nSPS) is 24.9. The maximum absolute atomic E-state index is 15.2. The number of hydrogen-bond acceptors (Lipinski definition) is 26. The highest BCUT2D eigenvalue weighted by molar-refractivity contribution is 6.07. The molecule has 644 valence electrons. The third kappa shape index (κ3) is 21.5. The molecule has 4 aromatic rings. The molecular formula is C85H108N8O26. The molecule has 34 heteroatoms. The van der Waals surface area contributed by atoms with Gasteiger partial charge in [-0.05, 0) is 140 Å². The van der Waals surface area contributed by atoms with Crippen LogP contribution in [0.1, 0.15) is 135 Å². The first kappa shape index (κ1) is 86.9. The molecule has 4 aliphatic heterocycles. The van der Waals surface area contributed by atoms with E-state index in [2.05, 4.69) is 43.7 Å². The maximum Gasteiger partial charge on any atom is 0.416 e. The van der Waals surface area contributed by atoms with Gasteiger partial charge in [-0.2, -0.15) is 0 Å². The van der Waals surface area contributed by atoms with Crippen LogP contribution < -0.4 is 55.7 Å². The van der Waals surface area contributed by atoms with Crippen molar-refractivity contribution in [3.05, 3.63) is 94.5 Å². The number of nitrogens with zero attached hydrogens (tertiary/aromatic N) is 2. The van der Waals surface area contributed by atoms with Gasteiger partial charge in [0.05, 0.1) is 104 Å². The summed E-state index contributed by atoms with van der Waals surface area (Å²) in [7, 11) is 2.94. The standard InChI is InChI=1S/C85H108N8O26/c1-47(2)70(88-48(3)94)77(101)91-62(45-116-81-74(99)72(97)73(98)75(119-81)80(104)105)76(100)89-53-16-15-51(60(32-53)90-69(95)17-23-110-25-27-112-29-30-113-28-26-111-24-22-86-82(106)117-44-59-54-13-8-6-7-9-14-55(54)59)43-118-83(107)93-63-36-68(66(109-5)34-57(63)78(102)92-46-85(20-21-85)39-64(92)79(93)103)115-42-50-12-10-11-49(31-50)41-114-67-35-61-56(33-65(67)108-4)71(96)58-38-84(18-19-84)37-52(58)40-87-61/h10-12,15-16,31-36,47,52,54-55,58-59,62,64,70,72-75,79,81,87,97-99,103H,8-9,13-14,17-30,37-46H2,1-5H3,(H,86,106)(H,88,94)(H,89,100)(H,90,95)(H,91,101)(H,104,105)/t52-,54-,55+,58?,59?,62-,64-,70-,72-,73-,74+,75-,79-,81+/m0/s1. The Hall–Kier alpha value is -9.93. The van der Waals surface area contributed by atoms with Gasteiger partial charge in [0.15, 0.2) is 47.4 Å². The Kier molecular flexibility index (Phi) is 28.5. The fraction of sp³-hybridized carbons (Fsp3) is 0.588. The smallest absolute Gasteiger partial charge is 0.416 e. The van der Waals surface area contributed by atoms with Crippen molar-refractivity contribution in [1.29, 1.82) is 0 Å². The van der Waals surface area contributed by atoms with Gasteiger partial charge in [-0.1, -0.05) is 38.1 Å². The van der Waals surface area contributed by atoms with Crippen LogP contribution in [-0.4, -0.2) is 239 Å². The summed E-state index contributed by atoms with van der Waals surface area (Å²) in [4.78, 5) is 126. The lowest BCUT2D eigenvalue weighted by Gasteiger charge is -2.38. The van der Waals surface area contributed by atoms with E-state index in [4.69, 9.17) is 56.8 Å². The van der Waals surface area contributed by atoms with Gasteiger partial charge in [0.25, 0.3) is 5.91 Å². The first-order valence-electron chi connectivity index (χ1n) is 40.9. The van der Waals surface area contributed by atoms with Crippen LogP contribution in [-0.2, 0) is 81.7 Å². The molecule has 4 saturated carbocycles. The molecule has 0 radical (unpaired) electrons. The van der Waals surface area contributed by atoms with Gasteiger partial charge in [-0.15, -0.1) is 11.8 Å². The van der Waals surface area contributed by atoms with E-state index >= 15 is 4.79 Å². The number of benzene rings is 4. The van der Waals surface area contributed by atoms with Crippen LogP contribution in [0.2, 0.25) is 0 Å². The van der Waals surface area contributed by atoms with E-state index in [9.17, 15) is 63.9 Å². The van der Waals surface area contributed by atoms with Crippen molar-refractivity contribution in [2.24, 2.45) is 46.3 Å². The summed E-state index contributed by atoms with van der Waals surface area (Å²) < 4.78 is 69.6. The Labute approximate surface area is 688 Å². The molecule has 4 heterocycles. The van der Waals surface area contributed by atoms with E-state index in [1.165, 1.54) is 64.3 Å². The summed E-state index contributed by atoms with van der Waals surface area (Å²) in [5.74, 6) is 3.64. The van der Waals surface area contributed by atoms with Gasteiger partial charge in [0, 0.05) is 85.6 Å². The highest BCUT2D eigenvalue weighted by Gasteiger charge is 2.59. The lowest BCUT2D eigenvalue weighted by Crippen LogP contribution is -2.61. The number of Topliss-reactive ketones (excluding diaryl/α,β-unsaturated/α-hetero) is 1. The molecule has 0 bridgehead atoms. The molecule has 34 nitrogen and oxygen atoms in total. The van der Waals surface area contributed by atoms with Crippen LogP contribution in [0.5, 0.6) is 23.0 Å². The number of rotatable bonds is 38. The number of carbonyl (C=O) groups is 9. The van der Waals surface area contributed by atoms with Crippen molar-refractivity contribution in [3.8, 4) is 34.8 Å². The number of methoxy groups -OCH3 is 2. The molecule has 119 heavy (non-hydrogen) atoms. The van der Waals surface area contributed by atoms with Crippen molar-refractivity contribution < 1.29 is 126 Å². The number of carboxylic acids is 1. The number of ketones is 1. The molecule has 2 spiro atoms. The van der Waals surface area contributed by atoms with Crippen molar-refractivity contribution >= 4 is 76.2 Å². The first-order valence-corrected chi connectivity index (χ1v) is 40.9. The number of ether oxygens (including phenoxy) is 12. The fourth-order valence-electron chi connectivity index (χ4n) is 17.1. The Balaban J connectivity index is 0.665. The second-order valence-corrected chi connectivity index (χ2v) is 32.6. The van der Waals surface area contributed by atoms with Crippen molar-refractivity contribution in [3.63, 3.8) is 0 Å². The van der Waals surface area contributed by atoms with Crippen LogP contribution in [0.25, 0.3) is 0 Å². The van der Waals surface area contributed by atoms with Gasteiger partial charge >= 0.3 is 18.2 Å². The number of aliphatic carboxylic acids is 1. The number of amides is 7. The van der Waals surface area contributed by atoms with Crippen molar-refractivity contribution in [2.45, 2.75) is 173 Å². The van der Waals surface area contributed by atoms with Crippen molar-refractivity contribution in [2.75, 3.05) is 121 Å². The quantitative estimate of drug-likeness (QED) is 0.0186. The number of alkyl carbamates (subject to hydrolysis) is 1. The zero-order valence-corrected chi connectivity index (χ0v) is 67.5. The second-order valence-electron chi connectivity index (χ2n) is 32.6. The monoisotopic (exact) mass is 1660 g/mol. The molecule has 2 saturated heterocycles. The number of anilines is 4. The molecule has 11 N–H and O–H groups in total. The number of nitrogens with one attached hydrogen (secondary N) is 6. The van der Waals surface area contributed by atoms with E-state index < -0.39 is 122 Å². The second kappa shape index (κ2) is 39.1. The number of carbonyl (C=O) groups excluding carboxylic acids is 8. The third-order valence-corrected chi connectivity index (χ3v) is 24.0. The Bertz CT molecular complexity index is 4410. The Morgan fingerprint density at radius 2 is 1.33 bits per heavy atom. The minimum atomic E-state index is -2.09. The maximum atomic E-state index is 15.2. The highest BCUT2D eigenvalue weighted by atomic mass is 16.7. The van der Waals surface area contributed by atoms with Gasteiger partial charge < -0.3 is 119 Å². The fourth-order valence-corrected chi connectivity index (χ4v) is 17.1. The molecule has 7 amide bonds. The Morgan fingerprint density at radius 3 is 1.97 bits per heavy atom. The van der Waals surface area contributed by atoms with E-state index in [0.717, 1.165) is 61.8 Å². The summed E-state index contributed by atoms with van der Waals surface area (Å²) in [6, 6.07) is 14.2. The highest BCUT2D eigenvalue weighted by Crippen LogP contribution is 2.63. The third-order valence-electron chi connectivity index (χ3n) is 24.0. The lowest BCUT2D eigenvalue weighted by atomic mass is 9.89. The minimum absolute atomic E-state index is 0.00321. The van der Waals surface area contributed by atoms with Gasteiger partial charge in [-0.3, -0.25) is 28.8 Å². The molecule has 5 aliphatic carbocycles. The first-order chi connectivity index (χ1) is 57.3. The summed E-state index contributed by atoms with van der Waals surface area (Å²) >= 11 is 0. The molecule has 6 fully saturated rings. The zero-order chi connectivity index (χ0) is 84.2. The summed E-state index contributed by atoms with van der Waals surface area (Å²) in [6.07, 6.45) is -3.56. The number of aliphatic hydroxyl groups is 4. The lowest BCUT2D eigenvalue weighted by molar-refractivity contribution is -0.294. The number of aliphatic hydroxyl groups excluding tert-OH is 4. The van der Waals surface area contributed by atoms with Crippen LogP contribution in [0, 0.1) is 58.2 Å². The van der Waals surface area contributed by atoms with Crippen LogP contribution >= 0.6 is 0 Å². The molecular weight excluding hydrogens is 1550 g/mol. The van der Waals surface area contributed by atoms with Gasteiger partial charge in [-0.25, -0.2) is 19.3 Å². The number of carboxylic acid groups (broad SMARTS) is 1. The van der Waals surface area contributed by atoms with E-state index in [1.54, 1.807) is 24.8 Å².